The second-order valence-electron chi connectivity index (χ2n) is 32.2. The Morgan fingerprint density at radius 1 is 0.589 bits per heavy atom. The molecule has 107 heavy (non-hydrogen) atoms. The molecule has 0 aromatic carbocycles. The zero-order chi connectivity index (χ0) is 79.1. The van der Waals surface area contributed by atoms with E-state index in [9.17, 15) is 55.1 Å². The molecule has 0 radical (unpaired) electrons. The van der Waals surface area contributed by atoms with Crippen LogP contribution in [0.3, 0.4) is 0 Å². The van der Waals surface area contributed by atoms with Gasteiger partial charge in [0, 0.05) is 82.5 Å². The number of halogens is 8. The van der Waals surface area contributed by atoms with Crippen LogP contribution in [0.5, 0.6) is 0 Å². The number of hydrogen-bond donors (Lipinski definition) is 3. The first-order valence-corrected chi connectivity index (χ1v) is 38.6. The monoisotopic (exact) mass is 1530 g/mol. The van der Waals surface area contributed by atoms with Crippen LogP contribution in [0.2, 0.25) is 0 Å². The van der Waals surface area contributed by atoms with Crippen molar-refractivity contribution in [1.29, 1.82) is 0 Å². The summed E-state index contributed by atoms with van der Waals surface area (Å²) in [4.78, 5) is 191. The van der Waals surface area contributed by atoms with Gasteiger partial charge in [0.25, 0.3) is 0 Å². The van der Waals surface area contributed by atoms with Crippen LogP contribution in [-0.4, -0.2) is 289 Å². The minimum Gasteiger partial charge on any atom is -0.377 e. The predicted octanol–water partition coefficient (Wildman–Crippen LogP) is 5.94. The molecule has 3 aliphatic heterocycles. The Hall–Kier alpha value is -6.96. The van der Waals surface area contributed by atoms with Gasteiger partial charge in [-0.15, -0.1) is 0 Å². The lowest BCUT2D eigenvalue weighted by molar-refractivity contribution is -0.219. The second-order valence-corrected chi connectivity index (χ2v) is 32.2. The first kappa shape index (κ1) is 85.6. The number of nitrogens with one attached hydrogen (secondary N) is 3. The van der Waals surface area contributed by atoms with Crippen LogP contribution in [0.15, 0.2) is 0 Å². The van der Waals surface area contributed by atoms with Crippen LogP contribution in [0, 0.1) is 41.4 Å². The van der Waals surface area contributed by atoms with E-state index in [1.807, 2.05) is 0 Å². The topological polar surface area (TPSA) is 279 Å². The normalized spacial score (nSPS) is 32.6. The van der Waals surface area contributed by atoms with Gasteiger partial charge in [-0.05, 0) is 152 Å². The fraction of sp³-hybridized carbons (Fsp3) is 0.838. The average molecular weight is 1530 g/mol. The number of ether oxygens (including phenoxy) is 1. The maximum atomic E-state index is 15.5. The Morgan fingerprint density at radius 2 is 1.18 bits per heavy atom. The third kappa shape index (κ3) is 20.5. The van der Waals surface area contributed by atoms with Crippen molar-refractivity contribution in [2.24, 2.45) is 41.4 Å². The number of amides is 12. The molecule has 604 valence electrons. The van der Waals surface area contributed by atoms with Crippen molar-refractivity contribution in [3.8, 4) is 0 Å². The molecular formula is C74H114F8N12O13. The third-order valence-electron chi connectivity index (χ3n) is 24.5. The Balaban J connectivity index is 1.19. The van der Waals surface area contributed by atoms with Crippen molar-refractivity contribution < 1.29 is 97.4 Å². The number of hydrogen-bond acceptors (Lipinski definition) is 13. The van der Waals surface area contributed by atoms with Gasteiger partial charge in [-0.2, -0.15) is 26.3 Å². The molecule has 2 bridgehead atoms. The molecule has 3 N–H and O–H groups in total. The molecule has 5 aliphatic carbocycles. The standard InChI is InChI=1S/C74H114F8N12O13/c1-12-42(3)61-69(104)88(7)41-59(97)89(8)52-21-16-17-32-93(68(52)103)56(36-44-24-27-47(28-25-44)73(77,78)79)67(102)87(6)40-57(95)83-51(29-26-45-33-49(75)60(50(76)34-45)74(80,81)82)65(100)94-39-48(107-13-2)37-54(94)64(99)85-72(30-18-31-72)71(106)92(11)62(46-19-14-15-20-46)70(105)91(10)55(66(101)86(4)5)38-58(96)90(9)53(63(98)84-61)35-43-22-23-43/h42-56,60-62H,12-41H2,1-11H3,(H,83,95)(H,84,98)(H,85,99)/t42-,44?,45?,47?,48+,49?,50?,51-,52-,53-,54-,55-,56-,60?,61-,62-/m0/s1. The van der Waals surface area contributed by atoms with Gasteiger partial charge in [0.1, 0.15) is 72.1 Å². The summed E-state index contributed by atoms with van der Waals surface area (Å²) in [7, 11) is 11.0. The molecular weight excluding hydrogens is 1420 g/mol. The number of likely N-dealkylation sites (N-methyl/N-ethyl adjacent to an activating group) is 7. The van der Waals surface area contributed by atoms with E-state index in [1.54, 1.807) is 20.8 Å². The first-order chi connectivity index (χ1) is 50.2. The Bertz CT molecular complexity index is 3190. The van der Waals surface area contributed by atoms with Gasteiger partial charge >= 0.3 is 12.4 Å². The van der Waals surface area contributed by atoms with Crippen molar-refractivity contribution in [3.05, 3.63) is 0 Å². The van der Waals surface area contributed by atoms with Crippen molar-refractivity contribution in [3.63, 3.8) is 0 Å². The summed E-state index contributed by atoms with van der Waals surface area (Å²) in [5.74, 6) is -16.4. The molecule has 5 saturated carbocycles. The van der Waals surface area contributed by atoms with Crippen molar-refractivity contribution in [1.82, 2.24) is 60.0 Å². The van der Waals surface area contributed by atoms with E-state index >= 15 is 37.5 Å². The lowest BCUT2D eigenvalue weighted by atomic mass is 9.74. The molecule has 1 spiro atoms. The minimum absolute atomic E-state index is 0.0116. The highest BCUT2D eigenvalue weighted by Crippen LogP contribution is 2.46. The van der Waals surface area contributed by atoms with Gasteiger partial charge in [-0.1, -0.05) is 46.0 Å². The number of carbonyl (C=O) groups is 12. The third-order valence-corrected chi connectivity index (χ3v) is 24.5. The molecule has 2 unspecified atom stereocenters. The highest BCUT2D eigenvalue weighted by atomic mass is 19.4. The highest BCUT2D eigenvalue weighted by molar-refractivity contribution is 6.01. The summed E-state index contributed by atoms with van der Waals surface area (Å²) < 4.78 is 121. The molecule has 3 heterocycles. The van der Waals surface area contributed by atoms with Gasteiger partial charge in [0.15, 0.2) is 0 Å². The molecule has 33 heteroatoms. The Morgan fingerprint density at radius 3 is 1.73 bits per heavy atom. The van der Waals surface area contributed by atoms with Gasteiger partial charge in [0.05, 0.1) is 31.5 Å². The SMILES string of the molecule is CCO[C@@H]1C[C@H]2C(=O)NC3(CCC3)C(=O)N(C)[C@@H](C3CCCC3)C(=O)N(C)[C@H](C(=O)N(C)C)CC(=O)N(C)[C@@H](CC3CC3)C(=O)N[C@@H]([C@@H](C)CC)C(=O)N(C)CC(=O)N(C)[C@H]3CCCCN(C3=O)[C@@H](CC3CCC(C(F)(F)F)CC3)C(=O)N(C)CC(=O)N[C@@H](CCC3CC(F)C(C(F)(F)F)C(F)C3)C(=O)N2C1. The van der Waals surface area contributed by atoms with Crippen LogP contribution >= 0.6 is 0 Å². The number of alkyl halides is 8. The van der Waals surface area contributed by atoms with Gasteiger partial charge < -0.3 is 64.8 Å². The minimum atomic E-state index is -5.21. The summed E-state index contributed by atoms with van der Waals surface area (Å²) in [5.41, 5.74) is -1.68. The quantitative estimate of drug-likeness (QED) is 0.180. The maximum Gasteiger partial charge on any atom is 0.397 e. The van der Waals surface area contributed by atoms with Gasteiger partial charge in [0.2, 0.25) is 70.9 Å². The van der Waals surface area contributed by atoms with Crippen molar-refractivity contribution >= 4 is 70.9 Å². The van der Waals surface area contributed by atoms with Crippen LogP contribution < -0.4 is 16.0 Å². The zero-order valence-corrected chi connectivity index (χ0v) is 64.0. The van der Waals surface area contributed by atoms with E-state index in [0.717, 1.165) is 37.3 Å². The predicted molar refractivity (Wildman–Crippen MR) is 374 cm³/mol. The van der Waals surface area contributed by atoms with Crippen molar-refractivity contribution in [2.45, 2.75) is 266 Å². The van der Waals surface area contributed by atoms with Crippen LogP contribution in [0.4, 0.5) is 35.1 Å². The molecule has 12 amide bonds. The lowest BCUT2D eigenvalue weighted by Crippen LogP contribution is -2.68. The van der Waals surface area contributed by atoms with E-state index in [1.165, 1.54) is 76.0 Å². The van der Waals surface area contributed by atoms with Crippen molar-refractivity contribution in [2.75, 3.05) is 89.2 Å². The van der Waals surface area contributed by atoms with E-state index < -0.39 is 230 Å². The molecule has 8 aliphatic rings. The molecule has 8 rings (SSSR count). The largest absolute Gasteiger partial charge is 0.397 e. The number of carbonyl (C=O) groups excluding carboxylic acids is 12. The lowest BCUT2D eigenvalue weighted by Gasteiger charge is -2.46. The van der Waals surface area contributed by atoms with E-state index in [2.05, 4.69) is 16.0 Å². The molecule has 0 aromatic rings. The first-order valence-electron chi connectivity index (χ1n) is 38.6. The summed E-state index contributed by atoms with van der Waals surface area (Å²) in [6, 6.07) is -11.1. The summed E-state index contributed by atoms with van der Waals surface area (Å²) in [6.45, 7) is 3.43. The van der Waals surface area contributed by atoms with E-state index in [-0.39, 0.29) is 103 Å². The summed E-state index contributed by atoms with van der Waals surface area (Å²) >= 11 is 0. The molecule has 3 saturated heterocycles. The summed E-state index contributed by atoms with van der Waals surface area (Å²) in [6.07, 6.45) is -14.1. The molecule has 12 atom stereocenters. The highest BCUT2D eigenvalue weighted by Gasteiger charge is 2.56. The van der Waals surface area contributed by atoms with Gasteiger partial charge in [-0.25, -0.2) is 8.78 Å². The van der Waals surface area contributed by atoms with E-state index in [0.29, 0.717) is 44.9 Å². The Labute approximate surface area is 622 Å². The maximum absolute atomic E-state index is 15.5. The second kappa shape index (κ2) is 36.3. The van der Waals surface area contributed by atoms with E-state index in [4.69, 9.17) is 4.74 Å². The zero-order valence-electron chi connectivity index (χ0n) is 64.0. The molecule has 0 aromatic heterocycles. The Kier molecular flexibility index (Phi) is 29.0. The fourth-order valence-electron chi connectivity index (χ4n) is 17.4. The number of nitrogens with zero attached hydrogens (tertiary/aromatic N) is 9. The van der Waals surface area contributed by atoms with Crippen LogP contribution in [-0.2, 0) is 62.3 Å². The smallest absolute Gasteiger partial charge is 0.377 e. The number of rotatable bonds is 13. The number of fused-ring (bicyclic) bond motifs is 3. The molecule has 8 fully saturated rings. The van der Waals surface area contributed by atoms with Gasteiger partial charge in [-0.3, -0.25) is 57.5 Å². The molecule has 25 nitrogen and oxygen atoms in total. The fourth-order valence-corrected chi connectivity index (χ4v) is 17.4. The van der Waals surface area contributed by atoms with Crippen LogP contribution in [0.1, 0.15) is 181 Å². The van der Waals surface area contributed by atoms with Crippen LogP contribution in [0.25, 0.3) is 0 Å². The average Bonchev–Trinajstić information content (AvgIpc) is 1.65. The summed E-state index contributed by atoms with van der Waals surface area (Å²) in [5, 5.41) is 8.44.